The van der Waals surface area contributed by atoms with E-state index < -0.39 is 5.60 Å². The molecule has 0 aliphatic carbocycles. The Labute approximate surface area is 136 Å². The highest BCUT2D eigenvalue weighted by molar-refractivity contribution is 5.88. The number of benzene rings is 1. The molecule has 0 unspecified atom stereocenters. The van der Waals surface area contributed by atoms with E-state index in [1.807, 2.05) is 58.2 Å². The summed E-state index contributed by atoms with van der Waals surface area (Å²) in [6.07, 6.45) is 0. The van der Waals surface area contributed by atoms with E-state index in [0.29, 0.717) is 18.9 Å². The number of aryl methyl sites for hydroxylation is 2. The number of anilines is 1. The van der Waals surface area contributed by atoms with E-state index in [4.69, 9.17) is 4.74 Å². The molecular weight excluding hydrogens is 292 g/mol. The summed E-state index contributed by atoms with van der Waals surface area (Å²) in [7, 11) is 1.81. The number of ether oxygens (including phenoxy) is 1. The molecule has 0 radical (unpaired) electrons. The quantitative estimate of drug-likeness (QED) is 0.880. The molecule has 2 heterocycles. The predicted octanol–water partition coefficient (Wildman–Crippen LogP) is 2.93. The first-order valence-electron chi connectivity index (χ1n) is 7.67. The lowest BCUT2D eigenvalue weighted by atomic mass is 10.1. The number of rotatable bonds is 1. The van der Waals surface area contributed by atoms with Gasteiger partial charge in [-0.1, -0.05) is 18.2 Å². The minimum absolute atomic E-state index is 0.152. The average Bonchev–Trinajstić information content (AvgIpc) is 2.69. The van der Waals surface area contributed by atoms with Crippen LogP contribution in [0.15, 0.2) is 30.3 Å². The lowest BCUT2D eigenvalue weighted by molar-refractivity contribution is 0.0834. The van der Waals surface area contributed by atoms with E-state index in [1.54, 1.807) is 9.58 Å². The number of hydrogen-bond donors (Lipinski definition) is 1. The molecule has 2 amide bonds. The summed E-state index contributed by atoms with van der Waals surface area (Å²) in [4.78, 5) is 14.5. The van der Waals surface area contributed by atoms with Crippen molar-refractivity contribution in [3.8, 4) is 5.75 Å². The molecular formula is C17H22N4O2. The molecule has 6 nitrogen and oxygen atoms in total. The van der Waals surface area contributed by atoms with Crippen LogP contribution < -0.4 is 10.1 Å². The van der Waals surface area contributed by atoms with Crippen LogP contribution in [0.25, 0.3) is 0 Å². The van der Waals surface area contributed by atoms with Gasteiger partial charge < -0.3 is 9.64 Å². The summed E-state index contributed by atoms with van der Waals surface area (Å²) in [5.74, 6) is 1.52. The van der Waals surface area contributed by atoms with Gasteiger partial charge in [-0.25, -0.2) is 4.79 Å². The summed E-state index contributed by atoms with van der Waals surface area (Å²) in [6.45, 7) is 6.90. The van der Waals surface area contributed by atoms with Gasteiger partial charge in [0.1, 0.15) is 17.2 Å². The van der Waals surface area contributed by atoms with Gasteiger partial charge in [0.05, 0.1) is 18.8 Å². The number of carbonyl (C=O) groups is 1. The number of amides is 2. The number of aromatic nitrogens is 2. The van der Waals surface area contributed by atoms with Crippen LogP contribution >= 0.6 is 0 Å². The van der Waals surface area contributed by atoms with Crippen LogP contribution in [-0.2, 0) is 13.6 Å². The van der Waals surface area contributed by atoms with Crippen LogP contribution in [0.5, 0.6) is 5.75 Å². The van der Waals surface area contributed by atoms with Gasteiger partial charge in [0.15, 0.2) is 0 Å². The molecule has 1 aromatic carbocycles. The summed E-state index contributed by atoms with van der Waals surface area (Å²) in [6, 6.07) is 9.55. The van der Waals surface area contributed by atoms with Crippen LogP contribution in [0.4, 0.5) is 10.6 Å². The molecule has 3 rings (SSSR count). The van der Waals surface area contributed by atoms with Gasteiger partial charge in [0, 0.05) is 18.7 Å². The molecule has 0 bridgehead atoms. The summed E-state index contributed by atoms with van der Waals surface area (Å²) in [5, 5.41) is 7.18. The first kappa shape index (κ1) is 15.4. The lowest BCUT2D eigenvalue weighted by Crippen LogP contribution is -2.45. The van der Waals surface area contributed by atoms with Crippen molar-refractivity contribution in [2.24, 2.45) is 7.05 Å². The molecule has 0 atom stereocenters. The summed E-state index contributed by atoms with van der Waals surface area (Å²) >= 11 is 0. The molecule has 1 N–H and O–H groups in total. The number of carbonyl (C=O) groups excluding carboxylic acids is 1. The van der Waals surface area contributed by atoms with Gasteiger partial charge in [-0.3, -0.25) is 10.00 Å². The van der Waals surface area contributed by atoms with Crippen LogP contribution in [0, 0.1) is 6.92 Å². The zero-order chi connectivity index (χ0) is 16.6. The Morgan fingerprint density at radius 3 is 2.78 bits per heavy atom. The third-order valence-electron chi connectivity index (χ3n) is 3.82. The molecule has 0 fully saturated rings. The molecule has 2 aromatic rings. The second kappa shape index (κ2) is 5.61. The Balaban J connectivity index is 1.84. The van der Waals surface area contributed by atoms with E-state index in [-0.39, 0.29) is 6.03 Å². The van der Waals surface area contributed by atoms with E-state index in [2.05, 4.69) is 10.4 Å². The van der Waals surface area contributed by atoms with Crippen molar-refractivity contribution < 1.29 is 9.53 Å². The Kier molecular flexibility index (Phi) is 3.75. The fourth-order valence-corrected chi connectivity index (χ4v) is 2.84. The lowest BCUT2D eigenvalue weighted by Gasteiger charge is -2.29. The van der Waals surface area contributed by atoms with Gasteiger partial charge in [0.25, 0.3) is 0 Å². The maximum absolute atomic E-state index is 12.7. The number of urea groups is 1. The zero-order valence-corrected chi connectivity index (χ0v) is 14.0. The normalized spacial score (nSPS) is 16.3. The molecule has 1 aliphatic rings. The molecule has 1 aromatic heterocycles. The maximum Gasteiger partial charge on any atom is 0.323 e. The van der Waals surface area contributed by atoms with Crippen molar-refractivity contribution >= 4 is 11.8 Å². The first-order chi connectivity index (χ1) is 10.8. The van der Waals surface area contributed by atoms with Crippen LogP contribution in [0.3, 0.4) is 0 Å². The van der Waals surface area contributed by atoms with E-state index >= 15 is 0 Å². The van der Waals surface area contributed by atoms with Crippen molar-refractivity contribution in [3.63, 3.8) is 0 Å². The minimum atomic E-state index is -0.452. The Hall–Kier alpha value is -2.50. The topological polar surface area (TPSA) is 59.4 Å². The molecule has 0 spiro atoms. The highest BCUT2D eigenvalue weighted by atomic mass is 16.5. The number of nitrogens with one attached hydrogen (secondary N) is 1. The van der Waals surface area contributed by atoms with Gasteiger partial charge >= 0.3 is 6.03 Å². The van der Waals surface area contributed by atoms with Crippen molar-refractivity contribution in [1.82, 2.24) is 14.7 Å². The number of hydrogen-bond acceptors (Lipinski definition) is 3. The second-order valence-electron chi connectivity index (χ2n) is 6.55. The van der Waals surface area contributed by atoms with E-state index in [9.17, 15) is 4.79 Å². The monoisotopic (exact) mass is 314 g/mol. The Bertz CT molecular complexity index is 736. The largest absolute Gasteiger partial charge is 0.486 e. The molecule has 0 saturated carbocycles. The van der Waals surface area contributed by atoms with E-state index in [0.717, 1.165) is 17.0 Å². The molecule has 6 heteroatoms. The SMILES string of the molecule is Cc1cc(NC(=O)N2Cc3ccccc3OC(C)(C)C2)n(C)n1. The van der Waals surface area contributed by atoms with Crippen LogP contribution in [-0.4, -0.2) is 32.9 Å². The standard InChI is InChI=1S/C17H22N4O2/c1-12-9-15(20(4)19-12)18-16(22)21-10-13-7-5-6-8-14(13)23-17(2,3)11-21/h5-9H,10-11H2,1-4H3,(H,18,22). The van der Waals surface area contributed by atoms with Gasteiger partial charge in [-0.15, -0.1) is 0 Å². The highest BCUT2D eigenvalue weighted by Gasteiger charge is 2.31. The zero-order valence-electron chi connectivity index (χ0n) is 14.0. The van der Waals surface area contributed by atoms with Gasteiger partial charge in [-0.2, -0.15) is 5.10 Å². The first-order valence-corrected chi connectivity index (χ1v) is 7.67. The Morgan fingerprint density at radius 1 is 1.35 bits per heavy atom. The maximum atomic E-state index is 12.7. The fourth-order valence-electron chi connectivity index (χ4n) is 2.84. The molecule has 1 aliphatic heterocycles. The van der Waals surface area contributed by atoms with Crippen molar-refractivity contribution in [2.45, 2.75) is 32.9 Å². The smallest absolute Gasteiger partial charge is 0.323 e. The average molecular weight is 314 g/mol. The number of fused-ring (bicyclic) bond motifs is 1. The van der Waals surface area contributed by atoms with Crippen LogP contribution in [0.2, 0.25) is 0 Å². The van der Waals surface area contributed by atoms with Crippen molar-refractivity contribution in [3.05, 3.63) is 41.6 Å². The predicted molar refractivity (Wildman–Crippen MR) is 88.5 cm³/mol. The molecule has 23 heavy (non-hydrogen) atoms. The summed E-state index contributed by atoms with van der Waals surface area (Å²) < 4.78 is 7.73. The molecule has 0 saturated heterocycles. The summed E-state index contributed by atoms with van der Waals surface area (Å²) in [5.41, 5.74) is 1.42. The van der Waals surface area contributed by atoms with Gasteiger partial charge in [0.2, 0.25) is 0 Å². The second-order valence-corrected chi connectivity index (χ2v) is 6.55. The van der Waals surface area contributed by atoms with Crippen molar-refractivity contribution in [2.75, 3.05) is 11.9 Å². The third kappa shape index (κ3) is 3.31. The number of para-hydroxylation sites is 1. The molecule has 122 valence electrons. The van der Waals surface area contributed by atoms with Crippen LogP contribution in [0.1, 0.15) is 25.1 Å². The Morgan fingerprint density at radius 2 is 2.09 bits per heavy atom. The van der Waals surface area contributed by atoms with Crippen molar-refractivity contribution in [1.29, 1.82) is 0 Å². The minimum Gasteiger partial charge on any atom is -0.486 e. The third-order valence-corrected chi connectivity index (χ3v) is 3.82. The number of nitrogens with zero attached hydrogens (tertiary/aromatic N) is 3. The fraction of sp³-hybridized carbons (Fsp3) is 0.412. The van der Waals surface area contributed by atoms with Gasteiger partial charge in [-0.05, 0) is 26.8 Å². The highest BCUT2D eigenvalue weighted by Crippen LogP contribution is 2.29. The van der Waals surface area contributed by atoms with E-state index in [1.165, 1.54) is 0 Å².